The smallest absolute Gasteiger partial charge is 0.253 e. The predicted octanol–water partition coefficient (Wildman–Crippen LogP) is 9.35. The van der Waals surface area contributed by atoms with Gasteiger partial charge in [0.15, 0.2) is 0 Å². The highest BCUT2D eigenvalue weighted by Crippen LogP contribution is 2.48. The topological polar surface area (TPSA) is 63.2 Å². The van der Waals surface area contributed by atoms with E-state index in [-0.39, 0.29) is 23.8 Å². The summed E-state index contributed by atoms with van der Waals surface area (Å²) in [6.45, 7) is 0. The van der Waals surface area contributed by atoms with E-state index in [2.05, 4.69) is 78.9 Å². The normalized spacial score (nSPS) is 17.4. The minimum absolute atomic E-state index is 0.0973. The molecule has 220 valence electrons. The molecule has 0 spiro atoms. The quantitative estimate of drug-likeness (QED) is 0.172. The molecule has 2 aliphatic rings. The summed E-state index contributed by atoms with van der Waals surface area (Å²) < 4.78 is 2.26. The van der Waals surface area contributed by atoms with Crippen molar-refractivity contribution in [3.05, 3.63) is 133 Å². The number of fused-ring (bicyclic) bond motifs is 2. The Hall–Kier alpha value is -5.24. The first kappa shape index (κ1) is 27.1. The molecule has 1 fully saturated rings. The summed E-state index contributed by atoms with van der Waals surface area (Å²) in [5.41, 5.74) is 9.74. The molecule has 1 saturated carbocycles. The number of hydrogen-bond donors (Lipinski definition) is 0. The fourth-order valence-electron chi connectivity index (χ4n) is 6.38. The van der Waals surface area contributed by atoms with Gasteiger partial charge in [0.1, 0.15) is 10.0 Å². The molecule has 2 amide bonds. The lowest BCUT2D eigenvalue weighted by atomic mass is 9.94. The van der Waals surface area contributed by atoms with E-state index in [1.165, 1.54) is 17.1 Å². The van der Waals surface area contributed by atoms with Gasteiger partial charge in [-0.1, -0.05) is 84.9 Å². The molecule has 2 unspecified atom stereocenters. The van der Waals surface area contributed by atoms with E-state index in [9.17, 15) is 9.59 Å². The van der Waals surface area contributed by atoms with Gasteiger partial charge < -0.3 is 0 Å². The number of benzene rings is 5. The zero-order valence-corrected chi connectivity index (χ0v) is 26.1. The van der Waals surface area contributed by atoms with E-state index in [1.807, 2.05) is 36.4 Å². The second-order valence-corrected chi connectivity index (χ2v) is 13.8. The van der Waals surface area contributed by atoms with Gasteiger partial charge in [-0.2, -0.15) is 0 Å². The first-order chi connectivity index (χ1) is 22.6. The molecule has 0 radical (unpaired) electrons. The molecule has 1 aliphatic carbocycles. The van der Waals surface area contributed by atoms with Gasteiger partial charge >= 0.3 is 0 Å². The van der Waals surface area contributed by atoms with Crippen molar-refractivity contribution in [1.29, 1.82) is 0 Å². The highest BCUT2D eigenvalue weighted by atomic mass is 32.1. The van der Waals surface area contributed by atoms with E-state index >= 15 is 0 Å². The van der Waals surface area contributed by atoms with Crippen LogP contribution < -0.4 is 0 Å². The van der Waals surface area contributed by atoms with Gasteiger partial charge in [-0.15, -0.1) is 22.7 Å². The molecule has 0 saturated heterocycles. The van der Waals surface area contributed by atoms with Crippen molar-refractivity contribution < 1.29 is 9.59 Å². The van der Waals surface area contributed by atoms with Crippen LogP contribution in [-0.2, 0) is 9.59 Å². The molecule has 0 N–H and O–H groups in total. The van der Waals surface area contributed by atoms with Crippen LogP contribution in [0.4, 0.5) is 0 Å². The Morgan fingerprint density at radius 1 is 0.543 bits per heavy atom. The minimum Gasteiger partial charge on any atom is -0.272 e. The Morgan fingerprint density at radius 3 is 1.54 bits per heavy atom. The lowest BCUT2D eigenvalue weighted by Crippen LogP contribution is -2.32. The number of amides is 2. The van der Waals surface area contributed by atoms with Crippen LogP contribution in [0.25, 0.3) is 63.8 Å². The maximum atomic E-state index is 12.5. The monoisotopic (exact) mass is 631 g/mol. The molecule has 9 rings (SSSR count). The molecule has 3 heterocycles. The maximum absolute atomic E-state index is 12.5. The van der Waals surface area contributed by atoms with Gasteiger partial charge in [-0.3, -0.25) is 14.5 Å². The van der Waals surface area contributed by atoms with Gasteiger partial charge in [0.05, 0.1) is 20.4 Å². The molecule has 2 atom stereocenters. The summed E-state index contributed by atoms with van der Waals surface area (Å²) in [5, 5.41) is 2.01. The molecule has 46 heavy (non-hydrogen) atoms. The fraction of sp³-hybridized carbons (Fsp3) is 0.0769. The van der Waals surface area contributed by atoms with Crippen LogP contribution in [0.2, 0.25) is 0 Å². The summed E-state index contributed by atoms with van der Waals surface area (Å²) >= 11 is 3.39. The Morgan fingerprint density at radius 2 is 1.04 bits per heavy atom. The highest BCUT2D eigenvalue weighted by molar-refractivity contribution is 7.22. The second-order valence-electron chi connectivity index (χ2n) is 11.8. The molecule has 2 aromatic heterocycles. The lowest BCUT2D eigenvalue weighted by molar-refractivity contribution is -0.137. The van der Waals surface area contributed by atoms with Crippen molar-refractivity contribution in [3.8, 4) is 43.4 Å². The molecular formula is C39H25N3O2S2. The summed E-state index contributed by atoms with van der Waals surface area (Å²) in [6, 6.07) is 40.1. The third kappa shape index (κ3) is 4.76. The first-order valence-electron chi connectivity index (χ1n) is 15.2. The number of hydrogen-bond acceptors (Lipinski definition) is 6. The van der Waals surface area contributed by atoms with E-state index in [4.69, 9.17) is 9.97 Å². The van der Waals surface area contributed by atoms with Crippen molar-refractivity contribution >= 4 is 54.9 Å². The van der Waals surface area contributed by atoms with E-state index in [0.717, 1.165) is 75.8 Å². The maximum Gasteiger partial charge on any atom is 0.253 e. The summed E-state index contributed by atoms with van der Waals surface area (Å²) in [6.07, 6.45) is 3.52. The SMILES string of the molecule is O=C1C=CC(=O)N1C1CC1c1cc(-c2ccc3nc(-c4ccccc4)sc3c2)cc(-c2ccc3nc(-c4ccccc4)sc3c2)c1. The van der Waals surface area contributed by atoms with Crippen LogP contribution in [-0.4, -0.2) is 32.7 Å². The van der Waals surface area contributed by atoms with Crippen LogP contribution in [0.15, 0.2) is 127 Å². The molecule has 7 aromatic rings. The molecule has 0 bridgehead atoms. The van der Waals surface area contributed by atoms with E-state index in [1.54, 1.807) is 22.7 Å². The molecule has 7 heteroatoms. The van der Waals surface area contributed by atoms with Crippen molar-refractivity contribution in [1.82, 2.24) is 14.9 Å². The predicted molar refractivity (Wildman–Crippen MR) is 187 cm³/mol. The third-order valence-corrected chi connectivity index (χ3v) is 10.9. The number of thiazole rings is 2. The number of carbonyl (C=O) groups excluding carboxylic acids is 2. The number of aromatic nitrogens is 2. The minimum atomic E-state index is -0.219. The second kappa shape index (κ2) is 10.7. The van der Waals surface area contributed by atoms with Crippen LogP contribution in [0.1, 0.15) is 17.9 Å². The lowest BCUT2D eigenvalue weighted by Gasteiger charge is -2.15. The largest absolute Gasteiger partial charge is 0.272 e. The first-order valence-corrected chi connectivity index (χ1v) is 16.8. The number of nitrogens with zero attached hydrogens (tertiary/aromatic N) is 3. The van der Waals surface area contributed by atoms with Crippen LogP contribution in [0.3, 0.4) is 0 Å². The summed E-state index contributed by atoms with van der Waals surface area (Å²) in [7, 11) is 0. The van der Waals surface area contributed by atoms with Crippen molar-refractivity contribution in [2.45, 2.75) is 18.4 Å². The van der Waals surface area contributed by atoms with E-state index in [0.29, 0.717) is 0 Å². The zero-order chi connectivity index (χ0) is 30.8. The van der Waals surface area contributed by atoms with Crippen molar-refractivity contribution in [2.75, 3.05) is 0 Å². The zero-order valence-electron chi connectivity index (χ0n) is 24.5. The summed E-state index contributed by atoms with van der Waals surface area (Å²) in [4.78, 5) is 36.2. The van der Waals surface area contributed by atoms with Gasteiger partial charge in [-0.25, -0.2) is 9.97 Å². The Balaban J connectivity index is 1.13. The standard InChI is InChI=1S/C39H25N3O2S2/c43-36-15-16-37(44)42(36)33-22-30(33)29-18-27(25-11-13-31-34(20-25)45-38(40-31)23-7-3-1-4-8-23)17-28(19-29)26-12-14-32-35(21-26)46-39(41-32)24-9-5-2-6-10-24/h1-21,30,33H,22H2. The number of rotatable bonds is 6. The van der Waals surface area contributed by atoms with Gasteiger partial charge in [0.25, 0.3) is 11.8 Å². The Bertz CT molecular complexity index is 2200. The number of imide groups is 1. The molecule has 5 nitrogen and oxygen atoms in total. The molecular weight excluding hydrogens is 607 g/mol. The fourth-order valence-corrected chi connectivity index (χ4v) is 8.40. The van der Waals surface area contributed by atoms with Crippen LogP contribution in [0, 0.1) is 0 Å². The average Bonchev–Trinajstić information content (AvgIpc) is 3.39. The number of carbonyl (C=O) groups is 2. The van der Waals surface area contributed by atoms with Crippen molar-refractivity contribution in [2.24, 2.45) is 0 Å². The third-order valence-electron chi connectivity index (χ3n) is 8.80. The van der Waals surface area contributed by atoms with Gasteiger partial charge in [-0.05, 0) is 64.6 Å². The van der Waals surface area contributed by atoms with Crippen molar-refractivity contribution in [3.63, 3.8) is 0 Å². The van der Waals surface area contributed by atoms with E-state index < -0.39 is 0 Å². The highest BCUT2D eigenvalue weighted by Gasteiger charge is 2.48. The average molecular weight is 632 g/mol. The molecule has 5 aromatic carbocycles. The summed E-state index contributed by atoms with van der Waals surface area (Å²) in [5.74, 6) is -0.340. The van der Waals surface area contributed by atoms with Crippen LogP contribution in [0.5, 0.6) is 0 Å². The van der Waals surface area contributed by atoms with Gasteiger partial charge in [0, 0.05) is 35.2 Å². The molecule has 1 aliphatic heterocycles. The Labute approximate surface area is 273 Å². The Kier molecular flexibility index (Phi) is 6.30. The van der Waals surface area contributed by atoms with Gasteiger partial charge in [0.2, 0.25) is 0 Å². The van der Waals surface area contributed by atoms with Crippen LogP contribution >= 0.6 is 22.7 Å².